The molecule has 21 heavy (non-hydrogen) atoms. The third-order valence-electron chi connectivity index (χ3n) is 3.12. The van der Waals surface area contributed by atoms with Gasteiger partial charge >= 0.3 is 6.03 Å². The summed E-state index contributed by atoms with van der Waals surface area (Å²) >= 11 is 0. The molecule has 5 heteroatoms. The normalized spacial score (nSPS) is 10.3. The highest BCUT2D eigenvalue weighted by Crippen LogP contribution is 2.30. The number of benzene rings is 1. The molecule has 118 valence electrons. The molecule has 1 aromatic rings. The van der Waals surface area contributed by atoms with Gasteiger partial charge in [0.05, 0.1) is 13.2 Å². The summed E-state index contributed by atoms with van der Waals surface area (Å²) in [6, 6.07) is 5.39. The molecule has 0 atom stereocenters. The Balaban J connectivity index is 2.74. The zero-order valence-corrected chi connectivity index (χ0v) is 13.4. The van der Waals surface area contributed by atoms with Crippen molar-refractivity contribution in [2.24, 2.45) is 0 Å². The number of anilines is 1. The molecular formula is C16H26N2O3. The summed E-state index contributed by atoms with van der Waals surface area (Å²) in [5.74, 6) is 1.32. The number of urea groups is 1. The molecule has 0 aliphatic heterocycles. The molecule has 0 heterocycles. The monoisotopic (exact) mass is 294 g/mol. The summed E-state index contributed by atoms with van der Waals surface area (Å²) in [5.41, 5.74) is 0.686. The van der Waals surface area contributed by atoms with E-state index in [-0.39, 0.29) is 12.1 Å². The zero-order valence-electron chi connectivity index (χ0n) is 13.4. The van der Waals surface area contributed by atoms with E-state index in [2.05, 4.69) is 24.5 Å². The first-order valence-corrected chi connectivity index (χ1v) is 7.61. The number of ether oxygens (including phenoxy) is 2. The molecule has 0 fully saturated rings. The predicted molar refractivity (Wildman–Crippen MR) is 85.3 cm³/mol. The lowest BCUT2D eigenvalue weighted by molar-refractivity contribution is 0.247. The second kappa shape index (κ2) is 9.10. The van der Waals surface area contributed by atoms with Crippen molar-refractivity contribution in [2.45, 2.75) is 46.6 Å². The van der Waals surface area contributed by atoms with Crippen molar-refractivity contribution >= 4 is 11.7 Å². The Morgan fingerprint density at radius 3 is 2.24 bits per heavy atom. The molecule has 2 N–H and O–H groups in total. The second-order valence-corrected chi connectivity index (χ2v) is 4.64. The van der Waals surface area contributed by atoms with Gasteiger partial charge in [0.1, 0.15) is 0 Å². The van der Waals surface area contributed by atoms with Crippen LogP contribution >= 0.6 is 0 Å². The van der Waals surface area contributed by atoms with Crippen molar-refractivity contribution in [3.63, 3.8) is 0 Å². The highest BCUT2D eigenvalue weighted by atomic mass is 16.5. The first kappa shape index (κ1) is 17.1. The maximum atomic E-state index is 11.9. The largest absolute Gasteiger partial charge is 0.490 e. The SMILES string of the molecule is CCOc1ccc(NC(=O)NC(CC)CC)cc1OCC. The van der Waals surface area contributed by atoms with Crippen LogP contribution in [0.5, 0.6) is 11.5 Å². The van der Waals surface area contributed by atoms with Crippen molar-refractivity contribution in [2.75, 3.05) is 18.5 Å². The quantitative estimate of drug-likeness (QED) is 0.766. The molecule has 0 aromatic heterocycles. The smallest absolute Gasteiger partial charge is 0.319 e. The maximum Gasteiger partial charge on any atom is 0.319 e. The van der Waals surface area contributed by atoms with Crippen molar-refractivity contribution in [1.29, 1.82) is 0 Å². The Bertz CT molecular complexity index is 445. The molecule has 0 saturated carbocycles. The minimum atomic E-state index is -0.199. The first-order chi connectivity index (χ1) is 10.1. The number of amides is 2. The lowest BCUT2D eigenvalue weighted by atomic mass is 10.2. The number of rotatable bonds is 8. The minimum Gasteiger partial charge on any atom is -0.490 e. The molecule has 1 aromatic carbocycles. The summed E-state index contributed by atoms with van der Waals surface area (Å²) in [7, 11) is 0. The molecule has 2 amide bonds. The first-order valence-electron chi connectivity index (χ1n) is 7.61. The van der Waals surface area contributed by atoms with Crippen LogP contribution in [0.1, 0.15) is 40.5 Å². The van der Waals surface area contributed by atoms with Gasteiger partial charge in [-0.05, 0) is 38.8 Å². The fraction of sp³-hybridized carbons (Fsp3) is 0.562. The number of hydrogen-bond donors (Lipinski definition) is 2. The van der Waals surface area contributed by atoms with Crippen molar-refractivity contribution < 1.29 is 14.3 Å². The molecule has 0 aliphatic carbocycles. The van der Waals surface area contributed by atoms with E-state index in [4.69, 9.17) is 9.47 Å². The Labute approximate surface area is 127 Å². The van der Waals surface area contributed by atoms with Gasteiger partial charge in [0.2, 0.25) is 0 Å². The highest BCUT2D eigenvalue weighted by Gasteiger charge is 2.10. The summed E-state index contributed by atoms with van der Waals surface area (Å²) in [6.45, 7) is 9.06. The van der Waals surface area contributed by atoms with E-state index < -0.39 is 0 Å². The van der Waals surface area contributed by atoms with Crippen LogP contribution in [0.2, 0.25) is 0 Å². The number of nitrogens with one attached hydrogen (secondary N) is 2. The molecule has 0 radical (unpaired) electrons. The molecule has 0 spiro atoms. The van der Waals surface area contributed by atoms with Crippen LogP contribution in [-0.4, -0.2) is 25.3 Å². The molecule has 0 aliphatic rings. The lowest BCUT2D eigenvalue weighted by Gasteiger charge is -2.16. The van der Waals surface area contributed by atoms with Gasteiger partial charge < -0.3 is 20.1 Å². The van der Waals surface area contributed by atoms with E-state index in [1.165, 1.54) is 0 Å². The Morgan fingerprint density at radius 1 is 1.05 bits per heavy atom. The number of carbonyl (C=O) groups is 1. The molecule has 0 bridgehead atoms. The van der Waals surface area contributed by atoms with Gasteiger partial charge in [0.15, 0.2) is 11.5 Å². The third-order valence-corrected chi connectivity index (χ3v) is 3.12. The highest BCUT2D eigenvalue weighted by molar-refractivity contribution is 5.89. The van der Waals surface area contributed by atoms with E-state index in [9.17, 15) is 4.79 Å². The Morgan fingerprint density at radius 2 is 1.67 bits per heavy atom. The van der Waals surface area contributed by atoms with Crippen LogP contribution < -0.4 is 20.1 Å². The molecule has 0 saturated heterocycles. The van der Waals surface area contributed by atoms with Gasteiger partial charge in [0.25, 0.3) is 0 Å². The zero-order chi connectivity index (χ0) is 15.7. The standard InChI is InChI=1S/C16H26N2O3/c1-5-12(6-2)17-16(19)18-13-9-10-14(20-7-3)15(11-13)21-8-4/h9-12H,5-8H2,1-4H3,(H2,17,18,19). The number of carbonyl (C=O) groups excluding carboxylic acids is 1. The van der Waals surface area contributed by atoms with E-state index in [0.717, 1.165) is 12.8 Å². The van der Waals surface area contributed by atoms with Gasteiger partial charge in [-0.15, -0.1) is 0 Å². The maximum absolute atomic E-state index is 11.9. The van der Waals surface area contributed by atoms with Crippen LogP contribution in [0, 0.1) is 0 Å². The Kier molecular flexibility index (Phi) is 7.43. The van der Waals surface area contributed by atoms with Crippen LogP contribution in [0.3, 0.4) is 0 Å². The molecule has 5 nitrogen and oxygen atoms in total. The average molecular weight is 294 g/mol. The molecule has 1 rings (SSSR count). The fourth-order valence-electron chi connectivity index (χ4n) is 1.97. The summed E-state index contributed by atoms with van der Waals surface area (Å²) < 4.78 is 11.0. The minimum absolute atomic E-state index is 0.194. The van der Waals surface area contributed by atoms with E-state index >= 15 is 0 Å². The molecule has 0 unspecified atom stereocenters. The van der Waals surface area contributed by atoms with Crippen molar-refractivity contribution in [3.8, 4) is 11.5 Å². The van der Waals surface area contributed by atoms with Crippen molar-refractivity contribution in [3.05, 3.63) is 18.2 Å². The number of hydrogen-bond acceptors (Lipinski definition) is 3. The van der Waals surface area contributed by atoms with Gasteiger partial charge in [-0.1, -0.05) is 13.8 Å². The fourth-order valence-corrected chi connectivity index (χ4v) is 1.97. The second-order valence-electron chi connectivity index (χ2n) is 4.64. The van der Waals surface area contributed by atoms with Crippen molar-refractivity contribution in [1.82, 2.24) is 5.32 Å². The van der Waals surface area contributed by atoms with Gasteiger partial charge in [-0.25, -0.2) is 4.79 Å². The van der Waals surface area contributed by atoms with Crippen LogP contribution in [0.4, 0.5) is 10.5 Å². The van der Waals surface area contributed by atoms with Gasteiger partial charge in [-0.2, -0.15) is 0 Å². The van der Waals surface area contributed by atoms with Gasteiger partial charge in [0, 0.05) is 17.8 Å². The van der Waals surface area contributed by atoms with Crippen LogP contribution in [0.25, 0.3) is 0 Å². The molecular weight excluding hydrogens is 268 g/mol. The summed E-state index contributed by atoms with van der Waals surface area (Å²) in [4.78, 5) is 11.9. The van der Waals surface area contributed by atoms with Crippen LogP contribution in [-0.2, 0) is 0 Å². The van der Waals surface area contributed by atoms with E-state index in [0.29, 0.717) is 30.4 Å². The lowest BCUT2D eigenvalue weighted by Crippen LogP contribution is -2.37. The van der Waals surface area contributed by atoms with Crippen LogP contribution in [0.15, 0.2) is 18.2 Å². The Hall–Kier alpha value is -1.91. The summed E-state index contributed by atoms with van der Waals surface area (Å²) in [5, 5.41) is 5.76. The average Bonchev–Trinajstić information content (AvgIpc) is 2.48. The predicted octanol–water partition coefficient (Wildman–Crippen LogP) is 3.79. The van der Waals surface area contributed by atoms with E-state index in [1.54, 1.807) is 18.2 Å². The van der Waals surface area contributed by atoms with E-state index in [1.807, 2.05) is 13.8 Å². The summed E-state index contributed by atoms with van der Waals surface area (Å²) in [6.07, 6.45) is 1.83. The topological polar surface area (TPSA) is 59.6 Å². The third kappa shape index (κ3) is 5.53. The van der Waals surface area contributed by atoms with Gasteiger partial charge in [-0.3, -0.25) is 0 Å².